The third kappa shape index (κ3) is 2.75. The Kier molecular flexibility index (Phi) is 3.86. The molecule has 108 valence electrons. The van der Waals surface area contributed by atoms with Crippen molar-refractivity contribution in [1.82, 2.24) is 0 Å². The molecule has 0 fully saturated rings. The standard InChI is InChI=1S/C17H16ClNO2/c1-2-20-13-8-6-11(7-9-13)16(19)15-10-12-4-3-5-14(18)17(12)21-15/h3-10,16H,2,19H2,1H3. The van der Waals surface area contributed by atoms with Gasteiger partial charge in [-0.05, 0) is 36.8 Å². The van der Waals surface area contributed by atoms with Crippen molar-refractivity contribution in [2.45, 2.75) is 13.0 Å². The van der Waals surface area contributed by atoms with Gasteiger partial charge in [0.1, 0.15) is 11.5 Å². The lowest BCUT2D eigenvalue weighted by atomic mass is 10.1. The van der Waals surface area contributed by atoms with E-state index >= 15 is 0 Å². The van der Waals surface area contributed by atoms with Gasteiger partial charge >= 0.3 is 0 Å². The number of para-hydroxylation sites is 1. The fourth-order valence-electron chi connectivity index (χ4n) is 2.30. The first-order valence-corrected chi connectivity index (χ1v) is 7.23. The highest BCUT2D eigenvalue weighted by atomic mass is 35.5. The van der Waals surface area contributed by atoms with Crippen LogP contribution >= 0.6 is 11.6 Å². The van der Waals surface area contributed by atoms with Gasteiger partial charge in [-0.1, -0.05) is 35.9 Å². The SMILES string of the molecule is CCOc1ccc(C(N)c2cc3cccc(Cl)c3o2)cc1. The predicted molar refractivity (Wildman–Crippen MR) is 84.9 cm³/mol. The summed E-state index contributed by atoms with van der Waals surface area (Å²) in [5.74, 6) is 1.53. The van der Waals surface area contributed by atoms with Gasteiger partial charge in [0.25, 0.3) is 0 Å². The molecule has 0 amide bonds. The molecule has 0 saturated carbocycles. The highest BCUT2D eigenvalue weighted by Gasteiger charge is 2.15. The Balaban J connectivity index is 1.92. The van der Waals surface area contributed by atoms with E-state index in [9.17, 15) is 0 Å². The molecule has 0 bridgehead atoms. The molecule has 2 aromatic carbocycles. The summed E-state index contributed by atoms with van der Waals surface area (Å²) in [6.45, 7) is 2.60. The fourth-order valence-corrected chi connectivity index (χ4v) is 2.52. The van der Waals surface area contributed by atoms with Crippen LogP contribution in [0, 0.1) is 0 Å². The van der Waals surface area contributed by atoms with Gasteiger partial charge in [0.15, 0.2) is 5.58 Å². The van der Waals surface area contributed by atoms with Crippen LogP contribution in [0.1, 0.15) is 24.3 Å². The van der Waals surface area contributed by atoms with Crippen molar-refractivity contribution in [3.8, 4) is 5.75 Å². The molecule has 0 aliphatic heterocycles. The largest absolute Gasteiger partial charge is 0.494 e. The maximum Gasteiger partial charge on any atom is 0.152 e. The number of hydrogen-bond acceptors (Lipinski definition) is 3. The Bertz CT molecular complexity index is 749. The number of ether oxygens (including phenoxy) is 1. The van der Waals surface area contributed by atoms with E-state index in [2.05, 4.69) is 0 Å². The Morgan fingerprint density at radius 1 is 1.19 bits per heavy atom. The number of nitrogens with two attached hydrogens (primary N) is 1. The molecule has 1 atom stereocenters. The van der Waals surface area contributed by atoms with Crippen LogP contribution in [0.2, 0.25) is 5.02 Å². The first-order valence-electron chi connectivity index (χ1n) is 6.85. The average molecular weight is 302 g/mol. The highest BCUT2D eigenvalue weighted by molar-refractivity contribution is 6.34. The average Bonchev–Trinajstić information content (AvgIpc) is 2.93. The maximum atomic E-state index is 6.28. The molecule has 21 heavy (non-hydrogen) atoms. The number of hydrogen-bond donors (Lipinski definition) is 1. The zero-order valence-electron chi connectivity index (χ0n) is 11.7. The van der Waals surface area contributed by atoms with E-state index in [1.165, 1.54) is 0 Å². The predicted octanol–water partition coefficient (Wildman–Crippen LogP) is 4.53. The quantitative estimate of drug-likeness (QED) is 0.770. The second-order valence-corrected chi connectivity index (χ2v) is 5.19. The molecular formula is C17H16ClNO2. The molecule has 3 nitrogen and oxygen atoms in total. The molecular weight excluding hydrogens is 286 g/mol. The Morgan fingerprint density at radius 2 is 1.95 bits per heavy atom. The van der Waals surface area contributed by atoms with Crippen molar-refractivity contribution in [2.24, 2.45) is 5.73 Å². The number of benzene rings is 2. The Morgan fingerprint density at radius 3 is 2.62 bits per heavy atom. The van der Waals surface area contributed by atoms with Crippen LogP contribution in [0.4, 0.5) is 0 Å². The number of fused-ring (bicyclic) bond motifs is 1. The zero-order valence-corrected chi connectivity index (χ0v) is 12.4. The van der Waals surface area contributed by atoms with Gasteiger partial charge in [-0.15, -0.1) is 0 Å². The van der Waals surface area contributed by atoms with Crippen molar-refractivity contribution >= 4 is 22.6 Å². The van der Waals surface area contributed by atoms with Gasteiger partial charge < -0.3 is 14.9 Å². The molecule has 3 aromatic rings. The van der Waals surface area contributed by atoms with Gasteiger partial charge in [0.2, 0.25) is 0 Å². The summed E-state index contributed by atoms with van der Waals surface area (Å²) in [5, 5.41) is 1.55. The van der Waals surface area contributed by atoms with Gasteiger partial charge in [-0.25, -0.2) is 0 Å². The van der Waals surface area contributed by atoms with Crippen molar-refractivity contribution in [2.75, 3.05) is 6.61 Å². The lowest BCUT2D eigenvalue weighted by Crippen LogP contribution is -2.10. The molecule has 2 N–H and O–H groups in total. The summed E-state index contributed by atoms with van der Waals surface area (Å²) in [5.41, 5.74) is 7.92. The second-order valence-electron chi connectivity index (χ2n) is 4.79. The molecule has 0 saturated heterocycles. The van der Waals surface area contributed by atoms with Crippen molar-refractivity contribution in [3.05, 3.63) is 64.9 Å². The summed E-state index contributed by atoms with van der Waals surface area (Å²) in [6, 6.07) is 15.0. The summed E-state index contributed by atoms with van der Waals surface area (Å²) in [6.07, 6.45) is 0. The second kappa shape index (κ2) is 5.80. The molecule has 0 aliphatic rings. The lowest BCUT2D eigenvalue weighted by molar-refractivity contribution is 0.340. The topological polar surface area (TPSA) is 48.4 Å². The first kappa shape index (κ1) is 14.0. The minimum absolute atomic E-state index is 0.329. The molecule has 0 radical (unpaired) electrons. The Hall–Kier alpha value is -1.97. The van der Waals surface area contributed by atoms with Crippen LogP contribution in [0.3, 0.4) is 0 Å². The summed E-state index contributed by atoms with van der Waals surface area (Å²) in [7, 11) is 0. The van der Waals surface area contributed by atoms with Crippen LogP contribution < -0.4 is 10.5 Å². The number of furan rings is 1. The van der Waals surface area contributed by atoms with Gasteiger partial charge in [0.05, 0.1) is 17.7 Å². The van der Waals surface area contributed by atoms with E-state index in [-0.39, 0.29) is 6.04 Å². The van der Waals surface area contributed by atoms with E-state index in [1.807, 2.05) is 49.4 Å². The van der Waals surface area contributed by atoms with Crippen LogP contribution in [-0.2, 0) is 0 Å². The fraction of sp³-hybridized carbons (Fsp3) is 0.176. The van der Waals surface area contributed by atoms with E-state index < -0.39 is 0 Å². The van der Waals surface area contributed by atoms with Crippen LogP contribution in [-0.4, -0.2) is 6.61 Å². The van der Waals surface area contributed by atoms with E-state index in [0.29, 0.717) is 23.0 Å². The minimum atomic E-state index is -0.329. The van der Waals surface area contributed by atoms with E-state index in [0.717, 1.165) is 16.7 Å². The third-order valence-electron chi connectivity index (χ3n) is 3.37. The van der Waals surface area contributed by atoms with Crippen molar-refractivity contribution in [1.29, 1.82) is 0 Å². The molecule has 3 rings (SSSR count). The van der Waals surface area contributed by atoms with Crippen molar-refractivity contribution in [3.63, 3.8) is 0 Å². The Labute approximate surface area is 128 Å². The number of rotatable bonds is 4. The maximum absolute atomic E-state index is 6.28. The molecule has 1 heterocycles. The smallest absolute Gasteiger partial charge is 0.152 e. The summed E-state index contributed by atoms with van der Waals surface area (Å²) in [4.78, 5) is 0. The lowest BCUT2D eigenvalue weighted by Gasteiger charge is -2.10. The molecule has 1 unspecified atom stereocenters. The zero-order chi connectivity index (χ0) is 14.8. The van der Waals surface area contributed by atoms with E-state index in [4.69, 9.17) is 26.5 Å². The van der Waals surface area contributed by atoms with Crippen LogP contribution in [0.15, 0.2) is 52.9 Å². The normalized spacial score (nSPS) is 12.5. The van der Waals surface area contributed by atoms with Crippen molar-refractivity contribution < 1.29 is 9.15 Å². The summed E-state index contributed by atoms with van der Waals surface area (Å²) < 4.78 is 11.2. The van der Waals surface area contributed by atoms with Crippen LogP contribution in [0.25, 0.3) is 11.0 Å². The van der Waals surface area contributed by atoms with E-state index in [1.54, 1.807) is 6.07 Å². The van der Waals surface area contributed by atoms with Gasteiger partial charge in [-0.2, -0.15) is 0 Å². The summed E-state index contributed by atoms with van der Waals surface area (Å²) >= 11 is 6.13. The minimum Gasteiger partial charge on any atom is -0.494 e. The highest BCUT2D eigenvalue weighted by Crippen LogP contribution is 2.31. The third-order valence-corrected chi connectivity index (χ3v) is 3.67. The van der Waals surface area contributed by atoms with Crippen LogP contribution in [0.5, 0.6) is 5.75 Å². The molecule has 0 spiro atoms. The monoisotopic (exact) mass is 301 g/mol. The first-order chi connectivity index (χ1) is 10.2. The molecule has 1 aromatic heterocycles. The molecule has 4 heteroatoms. The van der Waals surface area contributed by atoms with Gasteiger partial charge in [0, 0.05) is 5.39 Å². The number of halogens is 1. The van der Waals surface area contributed by atoms with Gasteiger partial charge in [-0.3, -0.25) is 0 Å². The molecule has 0 aliphatic carbocycles.